The van der Waals surface area contributed by atoms with Crippen molar-refractivity contribution in [2.75, 3.05) is 0 Å². The molecule has 0 N–H and O–H groups in total. The van der Waals surface area contributed by atoms with Crippen LogP contribution in [-0.4, -0.2) is 0 Å². The Kier molecular flexibility index (Phi) is 5.89. The number of hydrogen-bond acceptors (Lipinski definition) is 1. The van der Waals surface area contributed by atoms with E-state index in [-0.39, 0.29) is 5.41 Å². The standard InChI is InChI=1S/C47H32S/c1-47(2)41-23-13-12-22-39(41)46-45(47)40-28-30(24-27-42(40)48-46)43-34-18-8-10-20-36(34)44(37-21-11-9-19-35(37)43)38-26-25-31(29-14-4-3-5-15-29)32-16-6-7-17-33(32)38/h3-28H,1-2H3. The first-order valence-electron chi connectivity index (χ1n) is 16.8. The summed E-state index contributed by atoms with van der Waals surface area (Å²) in [5, 5.41) is 9.08. The van der Waals surface area contributed by atoms with Crippen molar-refractivity contribution in [3.8, 4) is 43.8 Å². The third-order valence-corrected chi connectivity index (χ3v) is 11.9. The van der Waals surface area contributed by atoms with Gasteiger partial charge in [0.2, 0.25) is 0 Å². The molecule has 10 rings (SSSR count). The van der Waals surface area contributed by atoms with Crippen molar-refractivity contribution in [1.82, 2.24) is 0 Å². The predicted molar refractivity (Wildman–Crippen MR) is 208 cm³/mol. The third kappa shape index (κ3) is 3.83. The van der Waals surface area contributed by atoms with Gasteiger partial charge in [0.1, 0.15) is 0 Å². The van der Waals surface area contributed by atoms with Crippen molar-refractivity contribution in [2.24, 2.45) is 0 Å². The number of rotatable bonds is 3. The first-order valence-corrected chi connectivity index (χ1v) is 17.6. The molecule has 0 radical (unpaired) electrons. The van der Waals surface area contributed by atoms with Gasteiger partial charge in [0.15, 0.2) is 0 Å². The van der Waals surface area contributed by atoms with Crippen LogP contribution in [-0.2, 0) is 5.41 Å². The van der Waals surface area contributed by atoms with Crippen LogP contribution in [0.2, 0.25) is 0 Å². The van der Waals surface area contributed by atoms with E-state index < -0.39 is 0 Å². The highest BCUT2D eigenvalue weighted by Gasteiger charge is 2.38. The van der Waals surface area contributed by atoms with Gasteiger partial charge in [0, 0.05) is 15.0 Å². The lowest BCUT2D eigenvalue weighted by Crippen LogP contribution is -2.14. The predicted octanol–water partition coefficient (Wildman–Crippen LogP) is 13.7. The summed E-state index contributed by atoms with van der Waals surface area (Å²) in [4.78, 5) is 1.43. The fourth-order valence-corrected chi connectivity index (χ4v) is 9.92. The molecule has 0 fully saturated rings. The molecule has 8 aromatic carbocycles. The van der Waals surface area contributed by atoms with Crippen LogP contribution in [0.1, 0.15) is 25.0 Å². The van der Waals surface area contributed by atoms with Gasteiger partial charge in [-0.25, -0.2) is 0 Å². The van der Waals surface area contributed by atoms with E-state index in [1.807, 2.05) is 11.3 Å². The molecule has 0 aliphatic heterocycles. The van der Waals surface area contributed by atoms with Crippen molar-refractivity contribution < 1.29 is 0 Å². The topological polar surface area (TPSA) is 0 Å². The lowest BCUT2D eigenvalue weighted by atomic mass is 9.80. The van der Waals surface area contributed by atoms with Crippen LogP contribution >= 0.6 is 11.3 Å². The summed E-state index contributed by atoms with van der Waals surface area (Å²) < 4.78 is 1.36. The van der Waals surface area contributed by atoms with Crippen molar-refractivity contribution >= 4 is 53.7 Å². The van der Waals surface area contributed by atoms with E-state index in [4.69, 9.17) is 0 Å². The Hall–Kier alpha value is -5.50. The van der Waals surface area contributed by atoms with Gasteiger partial charge in [-0.1, -0.05) is 159 Å². The molecule has 1 aliphatic carbocycles. The summed E-state index contributed by atoms with van der Waals surface area (Å²) >= 11 is 1.94. The Morgan fingerprint density at radius 1 is 0.396 bits per heavy atom. The first kappa shape index (κ1) is 27.6. The van der Waals surface area contributed by atoms with Crippen LogP contribution in [0.25, 0.3) is 86.2 Å². The molecule has 226 valence electrons. The fraction of sp³-hybridized carbons (Fsp3) is 0.0638. The molecule has 0 nitrogen and oxygen atoms in total. The number of fused-ring (bicyclic) bond motifs is 8. The molecular formula is C47H32S. The van der Waals surface area contributed by atoms with Crippen molar-refractivity contribution in [2.45, 2.75) is 19.3 Å². The van der Waals surface area contributed by atoms with E-state index in [0.29, 0.717) is 0 Å². The maximum atomic E-state index is 2.48. The zero-order chi connectivity index (χ0) is 32.0. The smallest absolute Gasteiger partial charge is 0.0399 e. The Morgan fingerprint density at radius 2 is 0.938 bits per heavy atom. The van der Waals surface area contributed by atoms with Gasteiger partial charge in [0.05, 0.1) is 0 Å². The number of benzene rings is 8. The second-order valence-corrected chi connectivity index (χ2v) is 14.7. The highest BCUT2D eigenvalue weighted by molar-refractivity contribution is 7.22. The molecule has 48 heavy (non-hydrogen) atoms. The van der Waals surface area contributed by atoms with E-state index in [0.717, 1.165) is 0 Å². The van der Waals surface area contributed by atoms with Gasteiger partial charge in [-0.2, -0.15) is 0 Å². The zero-order valence-corrected chi connectivity index (χ0v) is 27.7. The molecule has 0 saturated heterocycles. The number of thiophene rings is 1. The molecule has 0 saturated carbocycles. The summed E-state index contributed by atoms with van der Waals surface area (Å²) in [6, 6.07) is 58.6. The Bertz CT molecular complexity index is 2690. The minimum absolute atomic E-state index is 0.0379. The second-order valence-electron chi connectivity index (χ2n) is 13.6. The van der Waals surface area contributed by atoms with Crippen molar-refractivity contribution in [1.29, 1.82) is 0 Å². The molecule has 0 bridgehead atoms. The summed E-state index contributed by atoms with van der Waals surface area (Å²) in [6.07, 6.45) is 0. The first-order chi connectivity index (χ1) is 23.6. The highest BCUT2D eigenvalue weighted by atomic mass is 32.1. The van der Waals surface area contributed by atoms with E-state index in [9.17, 15) is 0 Å². The van der Waals surface area contributed by atoms with E-state index in [1.54, 1.807) is 0 Å². The van der Waals surface area contributed by atoms with E-state index >= 15 is 0 Å². The summed E-state index contributed by atoms with van der Waals surface area (Å²) in [6.45, 7) is 4.78. The lowest BCUT2D eigenvalue weighted by molar-refractivity contribution is 0.667. The average molecular weight is 629 g/mol. The van der Waals surface area contributed by atoms with Gasteiger partial charge < -0.3 is 0 Å². The SMILES string of the molecule is CC1(C)c2ccccc2-c2sc3ccc(-c4c5ccccc5c(-c5ccc(-c6ccccc6)c6ccccc56)c5ccccc45)cc3c21. The molecular weight excluding hydrogens is 597 g/mol. The summed E-state index contributed by atoms with van der Waals surface area (Å²) in [5.41, 5.74) is 11.9. The van der Waals surface area contributed by atoms with Gasteiger partial charge in [-0.3, -0.25) is 0 Å². The molecule has 0 spiro atoms. The Balaban J connectivity index is 1.26. The van der Waals surface area contributed by atoms with Crippen LogP contribution in [0.3, 0.4) is 0 Å². The number of hydrogen-bond donors (Lipinski definition) is 0. The van der Waals surface area contributed by atoms with Gasteiger partial charge in [-0.05, 0) is 99.9 Å². The van der Waals surface area contributed by atoms with Crippen molar-refractivity contribution in [3.05, 3.63) is 169 Å². The molecule has 1 aromatic heterocycles. The van der Waals surface area contributed by atoms with Gasteiger partial charge in [-0.15, -0.1) is 11.3 Å². The maximum absolute atomic E-state index is 2.48. The Morgan fingerprint density at radius 3 is 1.62 bits per heavy atom. The molecule has 1 aliphatic rings. The van der Waals surface area contributed by atoms with Gasteiger partial charge in [0.25, 0.3) is 0 Å². The molecule has 1 heterocycles. The fourth-order valence-electron chi connectivity index (χ4n) is 8.54. The molecule has 0 amide bonds. The average Bonchev–Trinajstić information content (AvgIpc) is 3.63. The van der Waals surface area contributed by atoms with Crippen LogP contribution in [0.15, 0.2) is 158 Å². The minimum Gasteiger partial charge on any atom is -0.135 e. The quantitative estimate of drug-likeness (QED) is 0.171. The molecule has 0 unspecified atom stereocenters. The normalized spacial score (nSPS) is 13.4. The third-order valence-electron chi connectivity index (χ3n) is 10.7. The Labute approximate surface area is 284 Å². The van der Waals surface area contributed by atoms with E-state index in [1.165, 1.54) is 97.4 Å². The molecule has 0 atom stereocenters. The lowest BCUT2D eigenvalue weighted by Gasteiger charge is -2.22. The second kappa shape index (κ2) is 10.2. The van der Waals surface area contributed by atoms with Crippen molar-refractivity contribution in [3.63, 3.8) is 0 Å². The van der Waals surface area contributed by atoms with E-state index in [2.05, 4.69) is 172 Å². The van der Waals surface area contributed by atoms with Crippen LogP contribution in [0, 0.1) is 0 Å². The zero-order valence-electron chi connectivity index (χ0n) is 26.9. The van der Waals surface area contributed by atoms with Gasteiger partial charge >= 0.3 is 0 Å². The van der Waals surface area contributed by atoms with Crippen LogP contribution in [0.4, 0.5) is 0 Å². The highest BCUT2D eigenvalue weighted by Crippen LogP contribution is 2.56. The molecule has 9 aromatic rings. The van der Waals surface area contributed by atoms with Crippen LogP contribution < -0.4 is 0 Å². The molecule has 1 heteroatoms. The minimum atomic E-state index is -0.0379. The summed E-state index contributed by atoms with van der Waals surface area (Å²) in [5.74, 6) is 0. The largest absolute Gasteiger partial charge is 0.135 e. The summed E-state index contributed by atoms with van der Waals surface area (Å²) in [7, 11) is 0. The van der Waals surface area contributed by atoms with Crippen LogP contribution in [0.5, 0.6) is 0 Å². The maximum Gasteiger partial charge on any atom is 0.0399 e. The monoisotopic (exact) mass is 628 g/mol.